The van der Waals surface area contributed by atoms with Gasteiger partial charge in [-0.25, -0.2) is 9.69 Å². The molecule has 1 N–H and O–H groups in total. The van der Waals surface area contributed by atoms with Crippen LogP contribution in [-0.4, -0.2) is 41.9 Å². The molecule has 36 heavy (non-hydrogen) atoms. The molecular formula is C27H27N3O6. The summed E-state index contributed by atoms with van der Waals surface area (Å²) in [6.07, 6.45) is 2.67. The van der Waals surface area contributed by atoms with Crippen molar-refractivity contribution >= 4 is 29.4 Å². The summed E-state index contributed by atoms with van der Waals surface area (Å²) in [5, 5.41) is 12.3. The minimum absolute atomic E-state index is 0.0377. The van der Waals surface area contributed by atoms with E-state index >= 15 is 0 Å². The highest BCUT2D eigenvalue weighted by atomic mass is 16.5. The number of nitriles is 1. The Balaban J connectivity index is 1.46. The first-order valence-electron chi connectivity index (χ1n) is 12.0. The average Bonchev–Trinajstić information content (AvgIpc) is 3.14. The Bertz CT molecular complexity index is 1240. The van der Waals surface area contributed by atoms with Crippen LogP contribution < -0.4 is 15.0 Å². The molecule has 2 aromatic rings. The summed E-state index contributed by atoms with van der Waals surface area (Å²) >= 11 is 0. The molecule has 1 aliphatic carbocycles. The number of nitrogens with zero attached hydrogens (tertiary/aromatic N) is 2. The number of amides is 3. The third kappa shape index (κ3) is 4.80. The number of imide groups is 1. The minimum Gasteiger partial charge on any atom is -0.494 e. The highest BCUT2D eigenvalue weighted by Crippen LogP contribution is 2.31. The van der Waals surface area contributed by atoms with E-state index in [0.717, 1.165) is 24.2 Å². The van der Waals surface area contributed by atoms with Crippen LogP contribution in [0.5, 0.6) is 5.75 Å². The molecule has 0 aromatic heterocycles. The fraction of sp³-hybridized carbons (Fsp3) is 0.370. The van der Waals surface area contributed by atoms with Crippen molar-refractivity contribution < 1.29 is 28.7 Å². The number of carbonyl (C=O) groups is 4. The molecule has 2 aliphatic rings. The zero-order valence-electron chi connectivity index (χ0n) is 20.2. The summed E-state index contributed by atoms with van der Waals surface area (Å²) < 4.78 is 10.7. The van der Waals surface area contributed by atoms with Gasteiger partial charge in [0.15, 0.2) is 6.10 Å². The molecule has 186 valence electrons. The zero-order valence-corrected chi connectivity index (χ0v) is 20.2. The Labute approximate surface area is 209 Å². The molecule has 4 rings (SSSR count). The Kier molecular flexibility index (Phi) is 7.06. The van der Waals surface area contributed by atoms with Gasteiger partial charge in [0.2, 0.25) is 0 Å². The molecule has 3 amide bonds. The molecule has 2 aromatic carbocycles. The molecule has 0 bridgehead atoms. The van der Waals surface area contributed by atoms with Crippen molar-refractivity contribution in [3.8, 4) is 11.8 Å². The molecule has 1 fully saturated rings. The largest absolute Gasteiger partial charge is 0.494 e. The number of anilines is 1. The lowest BCUT2D eigenvalue weighted by atomic mass is 9.83. The van der Waals surface area contributed by atoms with Crippen molar-refractivity contribution in [2.45, 2.75) is 57.6 Å². The number of nitrogens with one attached hydrogen (secondary N) is 1. The summed E-state index contributed by atoms with van der Waals surface area (Å²) in [5.74, 6) is -1.81. The number of benzene rings is 2. The van der Waals surface area contributed by atoms with Gasteiger partial charge in [0.25, 0.3) is 17.7 Å². The molecule has 0 saturated heterocycles. The molecule has 9 heteroatoms. The summed E-state index contributed by atoms with van der Waals surface area (Å²) in [4.78, 5) is 52.4. The second-order valence-electron chi connectivity index (χ2n) is 8.92. The van der Waals surface area contributed by atoms with E-state index in [9.17, 15) is 24.4 Å². The van der Waals surface area contributed by atoms with Gasteiger partial charge in [-0.1, -0.05) is 19.3 Å². The van der Waals surface area contributed by atoms with Gasteiger partial charge >= 0.3 is 5.97 Å². The second-order valence-corrected chi connectivity index (χ2v) is 8.92. The van der Waals surface area contributed by atoms with E-state index in [1.54, 1.807) is 24.3 Å². The van der Waals surface area contributed by atoms with E-state index < -0.39 is 35.3 Å². The maximum atomic E-state index is 13.0. The van der Waals surface area contributed by atoms with Crippen LogP contribution in [0.1, 0.15) is 77.0 Å². The van der Waals surface area contributed by atoms with Gasteiger partial charge in [-0.05, 0) is 69.2 Å². The number of esters is 1. The molecule has 9 nitrogen and oxygen atoms in total. The second kappa shape index (κ2) is 10.2. The monoisotopic (exact) mass is 489 g/mol. The average molecular weight is 490 g/mol. The van der Waals surface area contributed by atoms with E-state index in [4.69, 9.17) is 9.47 Å². The lowest BCUT2D eigenvalue weighted by Crippen LogP contribution is -2.52. The number of ether oxygens (including phenoxy) is 2. The fourth-order valence-corrected chi connectivity index (χ4v) is 4.50. The fourth-order valence-electron chi connectivity index (χ4n) is 4.50. The Morgan fingerprint density at radius 1 is 1.06 bits per heavy atom. The van der Waals surface area contributed by atoms with Crippen LogP contribution in [-0.2, 0) is 9.53 Å². The lowest BCUT2D eigenvalue weighted by Gasteiger charge is -2.32. The highest BCUT2D eigenvalue weighted by molar-refractivity contribution is 6.34. The van der Waals surface area contributed by atoms with E-state index in [2.05, 4.69) is 11.4 Å². The number of hydrogen-bond acceptors (Lipinski definition) is 7. The van der Waals surface area contributed by atoms with Crippen LogP contribution in [0, 0.1) is 11.3 Å². The maximum absolute atomic E-state index is 13.0. The van der Waals surface area contributed by atoms with Gasteiger partial charge in [-0.3, -0.25) is 14.4 Å². The topological polar surface area (TPSA) is 126 Å². The van der Waals surface area contributed by atoms with Crippen LogP contribution in [0.25, 0.3) is 0 Å². The Morgan fingerprint density at radius 2 is 1.72 bits per heavy atom. The van der Waals surface area contributed by atoms with Crippen molar-refractivity contribution in [2.75, 3.05) is 11.5 Å². The predicted molar refractivity (Wildman–Crippen MR) is 130 cm³/mol. The molecule has 0 radical (unpaired) electrons. The van der Waals surface area contributed by atoms with Gasteiger partial charge in [0, 0.05) is 0 Å². The van der Waals surface area contributed by atoms with Crippen LogP contribution in [0.3, 0.4) is 0 Å². The van der Waals surface area contributed by atoms with Crippen molar-refractivity contribution in [3.63, 3.8) is 0 Å². The van der Waals surface area contributed by atoms with Crippen molar-refractivity contribution in [2.24, 2.45) is 0 Å². The third-order valence-corrected chi connectivity index (χ3v) is 6.46. The van der Waals surface area contributed by atoms with Crippen LogP contribution in [0.2, 0.25) is 0 Å². The summed E-state index contributed by atoms with van der Waals surface area (Å²) in [6, 6.07) is 12.8. The van der Waals surface area contributed by atoms with Gasteiger partial charge in [-0.2, -0.15) is 5.26 Å². The summed E-state index contributed by atoms with van der Waals surface area (Å²) in [7, 11) is 0. The van der Waals surface area contributed by atoms with E-state index in [0.29, 0.717) is 30.9 Å². The first kappa shape index (κ1) is 24.9. The number of carbonyl (C=O) groups excluding carboxylic acids is 4. The summed E-state index contributed by atoms with van der Waals surface area (Å²) in [5.41, 5.74) is -0.278. The Hall–Kier alpha value is -4.19. The van der Waals surface area contributed by atoms with E-state index in [-0.39, 0.29) is 16.7 Å². The van der Waals surface area contributed by atoms with E-state index in [1.807, 2.05) is 6.92 Å². The molecule has 0 spiro atoms. The zero-order chi connectivity index (χ0) is 25.9. The van der Waals surface area contributed by atoms with Crippen molar-refractivity contribution in [3.05, 3.63) is 59.2 Å². The third-order valence-electron chi connectivity index (χ3n) is 6.46. The SMILES string of the molecule is CCOc1ccc(N2C(=O)c3ccc(C(=O)O[C@@H](C)C(=O)NC4(C#N)CCCCC4)cc3C2=O)cc1. The van der Waals surface area contributed by atoms with Crippen LogP contribution >= 0.6 is 0 Å². The Morgan fingerprint density at radius 3 is 2.36 bits per heavy atom. The van der Waals surface area contributed by atoms with Gasteiger partial charge in [0.05, 0.1) is 35.1 Å². The minimum atomic E-state index is -1.14. The molecule has 1 saturated carbocycles. The van der Waals surface area contributed by atoms with Gasteiger partial charge in [-0.15, -0.1) is 0 Å². The number of hydrogen-bond donors (Lipinski definition) is 1. The van der Waals surface area contributed by atoms with Crippen molar-refractivity contribution in [1.82, 2.24) is 5.32 Å². The van der Waals surface area contributed by atoms with Gasteiger partial charge < -0.3 is 14.8 Å². The van der Waals surface area contributed by atoms with Gasteiger partial charge in [0.1, 0.15) is 11.3 Å². The molecule has 1 heterocycles. The highest BCUT2D eigenvalue weighted by Gasteiger charge is 2.38. The lowest BCUT2D eigenvalue weighted by molar-refractivity contribution is -0.130. The van der Waals surface area contributed by atoms with E-state index in [1.165, 1.54) is 25.1 Å². The first-order chi connectivity index (χ1) is 17.3. The normalized spacial score (nSPS) is 17.1. The molecule has 0 unspecified atom stereocenters. The van der Waals surface area contributed by atoms with Crippen molar-refractivity contribution in [1.29, 1.82) is 5.26 Å². The molecule has 1 atom stereocenters. The first-order valence-corrected chi connectivity index (χ1v) is 12.0. The molecule has 1 aliphatic heterocycles. The predicted octanol–water partition coefficient (Wildman–Crippen LogP) is 3.77. The van der Waals surface area contributed by atoms with Crippen LogP contribution in [0.15, 0.2) is 42.5 Å². The molecular weight excluding hydrogens is 462 g/mol. The quantitative estimate of drug-likeness (QED) is 0.463. The smallest absolute Gasteiger partial charge is 0.338 e. The number of rotatable bonds is 7. The maximum Gasteiger partial charge on any atom is 0.338 e. The standard InChI is InChI=1S/C27H27N3O6/c1-3-35-20-10-8-19(9-11-20)30-24(32)21-12-7-18(15-22(21)25(30)33)26(34)36-17(2)23(31)29-27(16-28)13-5-4-6-14-27/h7-12,15,17H,3-6,13-14H2,1-2H3,(H,29,31)/t17-/m0/s1. The summed E-state index contributed by atoms with van der Waals surface area (Å²) in [6.45, 7) is 3.77. The number of fused-ring (bicyclic) bond motifs is 1. The van der Waals surface area contributed by atoms with Crippen LogP contribution in [0.4, 0.5) is 5.69 Å².